The molecule has 0 amide bonds. The second kappa shape index (κ2) is 14.9. The number of nitrogens with zero attached hydrogens (tertiary/aromatic N) is 2. The van der Waals surface area contributed by atoms with Gasteiger partial charge in [-0.05, 0) is 97.6 Å². The molecule has 31 heavy (non-hydrogen) atoms. The summed E-state index contributed by atoms with van der Waals surface area (Å²) in [5, 5.41) is 8.25. The van der Waals surface area contributed by atoms with Crippen LogP contribution in [0.15, 0.2) is 36.7 Å². The average molecular weight is 600 g/mol. The Balaban J connectivity index is 0.000000687. The molecule has 5 radical (unpaired) electrons. The van der Waals surface area contributed by atoms with Gasteiger partial charge in [0.25, 0.3) is 0 Å². The summed E-state index contributed by atoms with van der Waals surface area (Å²) in [5.74, 6) is 0. The fourth-order valence-corrected chi connectivity index (χ4v) is 2.93. The van der Waals surface area contributed by atoms with E-state index in [-0.39, 0.29) is 30.9 Å². The van der Waals surface area contributed by atoms with Gasteiger partial charge in [0, 0.05) is 32.5 Å². The summed E-state index contributed by atoms with van der Waals surface area (Å²) in [6, 6.07) is 8.46. The summed E-state index contributed by atoms with van der Waals surface area (Å²) in [6.07, 6.45) is 17.8. The van der Waals surface area contributed by atoms with Crippen LogP contribution < -0.4 is 5.11 Å². The first-order valence-corrected chi connectivity index (χ1v) is 10.8. The van der Waals surface area contributed by atoms with Crippen molar-refractivity contribution in [2.24, 2.45) is 0 Å². The Morgan fingerprint density at radius 2 is 0.903 bits per heavy atom. The molecular formula is C27H39IrN2O-. The molecule has 173 valence electrons. The van der Waals surface area contributed by atoms with Crippen LogP contribution in [0.25, 0.3) is 11.4 Å². The van der Waals surface area contributed by atoms with Crippen molar-refractivity contribution < 1.29 is 25.2 Å². The van der Waals surface area contributed by atoms with Crippen molar-refractivity contribution in [3.63, 3.8) is 0 Å². The largest absolute Gasteiger partial charge is 0.857 e. The van der Waals surface area contributed by atoms with Gasteiger partial charge in [0.2, 0.25) is 0 Å². The van der Waals surface area contributed by atoms with E-state index in [0.29, 0.717) is 0 Å². The van der Waals surface area contributed by atoms with Gasteiger partial charge in [-0.3, -0.25) is 9.97 Å². The second-order valence-corrected chi connectivity index (χ2v) is 9.46. The van der Waals surface area contributed by atoms with E-state index in [2.05, 4.69) is 101 Å². The van der Waals surface area contributed by atoms with E-state index >= 15 is 0 Å². The molecule has 3 rings (SSSR count). The fourth-order valence-electron chi connectivity index (χ4n) is 2.93. The minimum absolute atomic E-state index is 0. The van der Waals surface area contributed by atoms with Crippen molar-refractivity contribution in [3.8, 4) is 11.4 Å². The SMILES string of the molecule is CC(C)(C)c1ccnc(-c2cc(C(C)(C)C)ccn2)c1.C[O-].[CH]1[CH]CC[CH][CH]CC1.[Ir]. The molecule has 2 aromatic heterocycles. The molecule has 1 aliphatic carbocycles. The standard InChI is InChI=1S/C18H24N2.C8H12.CH3O.Ir/c1-17(2,3)13-7-9-19-15(11-13)16-12-14(8-10-20-16)18(4,5)6;1-2-4-6-8-7-5-3-1;1-2;/h7-12H,1-6H3;1-2,7-8H,3-6H2;1H3;/q;;-1;. The molecular weight excluding hydrogens is 561 g/mol. The topological polar surface area (TPSA) is 48.8 Å². The van der Waals surface area contributed by atoms with Gasteiger partial charge in [-0.25, -0.2) is 0 Å². The van der Waals surface area contributed by atoms with Crippen LogP contribution in [0.2, 0.25) is 0 Å². The molecule has 0 aromatic carbocycles. The van der Waals surface area contributed by atoms with E-state index in [0.717, 1.165) is 18.5 Å². The van der Waals surface area contributed by atoms with Crippen molar-refractivity contribution in [1.82, 2.24) is 9.97 Å². The molecule has 0 unspecified atom stereocenters. The van der Waals surface area contributed by atoms with E-state index < -0.39 is 0 Å². The zero-order valence-electron chi connectivity index (χ0n) is 20.2. The number of rotatable bonds is 1. The predicted molar refractivity (Wildman–Crippen MR) is 126 cm³/mol. The third-order valence-corrected chi connectivity index (χ3v) is 4.85. The maximum Gasteiger partial charge on any atom is 0.0889 e. The van der Waals surface area contributed by atoms with Crippen LogP contribution in [-0.2, 0) is 30.9 Å². The van der Waals surface area contributed by atoms with Crippen LogP contribution in [0, 0.1) is 25.7 Å². The smallest absolute Gasteiger partial charge is 0.0889 e. The van der Waals surface area contributed by atoms with Gasteiger partial charge in [-0.1, -0.05) is 41.5 Å². The molecule has 1 fully saturated rings. The molecule has 1 saturated carbocycles. The molecule has 2 heterocycles. The molecule has 1 aliphatic rings. The van der Waals surface area contributed by atoms with Crippen LogP contribution in [0.1, 0.15) is 78.4 Å². The van der Waals surface area contributed by atoms with Gasteiger partial charge >= 0.3 is 0 Å². The molecule has 2 aromatic rings. The maximum atomic E-state index is 8.25. The molecule has 0 N–H and O–H groups in total. The monoisotopic (exact) mass is 600 g/mol. The number of aromatic nitrogens is 2. The van der Waals surface area contributed by atoms with Crippen molar-refractivity contribution in [2.45, 2.75) is 78.1 Å². The quantitative estimate of drug-likeness (QED) is 0.399. The zero-order valence-corrected chi connectivity index (χ0v) is 22.6. The minimum Gasteiger partial charge on any atom is -0.857 e. The van der Waals surface area contributed by atoms with E-state index in [1.165, 1.54) is 36.8 Å². The Bertz CT molecular complexity index is 653. The summed E-state index contributed by atoms with van der Waals surface area (Å²) in [6.45, 7) is 13.3. The van der Waals surface area contributed by atoms with Gasteiger partial charge in [0.15, 0.2) is 0 Å². The first-order chi connectivity index (χ1) is 14.2. The molecule has 4 heteroatoms. The van der Waals surface area contributed by atoms with Gasteiger partial charge in [0.05, 0.1) is 11.4 Å². The van der Waals surface area contributed by atoms with E-state index in [9.17, 15) is 0 Å². The summed E-state index contributed by atoms with van der Waals surface area (Å²) in [7, 11) is 0.750. The average Bonchev–Trinajstić information content (AvgIpc) is 2.68. The molecule has 0 atom stereocenters. The van der Waals surface area contributed by atoms with Crippen molar-refractivity contribution in [2.75, 3.05) is 7.11 Å². The number of pyridine rings is 2. The second-order valence-electron chi connectivity index (χ2n) is 9.46. The summed E-state index contributed by atoms with van der Waals surface area (Å²) in [4.78, 5) is 8.97. The van der Waals surface area contributed by atoms with Gasteiger partial charge in [-0.15, -0.1) is 0 Å². The van der Waals surface area contributed by atoms with Gasteiger partial charge in [-0.2, -0.15) is 7.11 Å². The van der Waals surface area contributed by atoms with Crippen LogP contribution in [0.4, 0.5) is 0 Å². The Morgan fingerprint density at radius 3 is 1.16 bits per heavy atom. The predicted octanol–water partition coefficient (Wildman–Crippen LogP) is 6.09. The Labute approximate surface area is 204 Å². The van der Waals surface area contributed by atoms with Crippen LogP contribution >= 0.6 is 0 Å². The molecule has 0 bridgehead atoms. The van der Waals surface area contributed by atoms with Crippen molar-refractivity contribution >= 4 is 0 Å². The van der Waals surface area contributed by atoms with Gasteiger partial charge in [0.1, 0.15) is 0 Å². The van der Waals surface area contributed by atoms with Crippen LogP contribution in [0.5, 0.6) is 0 Å². The van der Waals surface area contributed by atoms with Crippen molar-refractivity contribution in [3.05, 3.63) is 73.5 Å². The Morgan fingerprint density at radius 1 is 0.613 bits per heavy atom. The van der Waals surface area contributed by atoms with Crippen LogP contribution in [0.3, 0.4) is 0 Å². The zero-order chi connectivity index (χ0) is 22.6. The molecule has 3 nitrogen and oxygen atoms in total. The first-order valence-electron chi connectivity index (χ1n) is 10.8. The normalized spacial score (nSPS) is 14.5. The maximum absolute atomic E-state index is 8.25. The first kappa shape index (κ1) is 29.9. The van der Waals surface area contributed by atoms with Crippen LogP contribution in [-0.4, -0.2) is 17.1 Å². The third-order valence-electron chi connectivity index (χ3n) is 4.85. The van der Waals surface area contributed by atoms with E-state index in [1.54, 1.807) is 0 Å². The summed E-state index contributed by atoms with van der Waals surface area (Å²) >= 11 is 0. The summed E-state index contributed by atoms with van der Waals surface area (Å²) in [5.41, 5.74) is 4.71. The van der Waals surface area contributed by atoms with E-state index in [4.69, 9.17) is 5.11 Å². The Hall–Kier alpha value is -1.09. The van der Waals surface area contributed by atoms with E-state index in [1.807, 2.05) is 12.4 Å². The fraction of sp³-hybridized carbons (Fsp3) is 0.481. The molecule has 0 spiro atoms. The summed E-state index contributed by atoms with van der Waals surface area (Å²) < 4.78 is 0. The minimum atomic E-state index is 0. The number of hydrogen-bond acceptors (Lipinski definition) is 3. The number of hydrogen-bond donors (Lipinski definition) is 0. The third kappa shape index (κ3) is 11.4. The Kier molecular flexibility index (Phi) is 14.4. The van der Waals surface area contributed by atoms with Gasteiger partial charge < -0.3 is 5.11 Å². The molecule has 0 saturated heterocycles. The molecule has 0 aliphatic heterocycles. The van der Waals surface area contributed by atoms with Crippen molar-refractivity contribution in [1.29, 1.82) is 0 Å².